The van der Waals surface area contributed by atoms with E-state index in [9.17, 15) is 4.79 Å². The molecule has 0 N–H and O–H groups in total. The minimum Gasteiger partial charge on any atom is -0.383 e. The van der Waals surface area contributed by atoms with E-state index in [1.807, 2.05) is 29.2 Å². The smallest absolute Gasteiger partial charge is 0.253 e. The largest absolute Gasteiger partial charge is 0.383 e. The normalized spacial score (nSPS) is 16.8. The number of likely N-dealkylation sites (tertiary alicyclic amines) is 1. The SMILES string of the molecule is COCCn1c(CC2CCN(C(=O)c3cccc(Cl)c3)C2)nc2cccnc21. The van der Waals surface area contributed by atoms with Crippen molar-refractivity contribution in [1.82, 2.24) is 19.4 Å². The monoisotopic (exact) mass is 398 g/mol. The number of hydrogen-bond acceptors (Lipinski definition) is 4. The molecule has 0 bridgehead atoms. The van der Waals surface area contributed by atoms with E-state index in [0.717, 1.165) is 49.5 Å². The third kappa shape index (κ3) is 3.88. The molecule has 2 aromatic heterocycles. The second kappa shape index (κ2) is 8.29. The molecule has 1 fully saturated rings. The van der Waals surface area contributed by atoms with E-state index in [4.69, 9.17) is 21.3 Å². The van der Waals surface area contributed by atoms with Crippen molar-refractivity contribution in [3.8, 4) is 0 Å². The molecule has 1 amide bonds. The zero-order chi connectivity index (χ0) is 19.5. The van der Waals surface area contributed by atoms with Gasteiger partial charge in [-0.15, -0.1) is 0 Å². The number of fused-ring (bicyclic) bond motifs is 1. The lowest BCUT2D eigenvalue weighted by Crippen LogP contribution is -2.29. The highest BCUT2D eigenvalue weighted by molar-refractivity contribution is 6.30. The minimum absolute atomic E-state index is 0.0413. The van der Waals surface area contributed by atoms with Gasteiger partial charge >= 0.3 is 0 Å². The van der Waals surface area contributed by atoms with Crippen LogP contribution in [0.5, 0.6) is 0 Å². The number of carbonyl (C=O) groups excluding carboxylic acids is 1. The van der Waals surface area contributed by atoms with Gasteiger partial charge < -0.3 is 14.2 Å². The van der Waals surface area contributed by atoms with Crippen LogP contribution in [-0.2, 0) is 17.7 Å². The maximum absolute atomic E-state index is 12.8. The maximum Gasteiger partial charge on any atom is 0.253 e. The highest BCUT2D eigenvalue weighted by atomic mass is 35.5. The Hall–Kier alpha value is -2.44. The summed E-state index contributed by atoms with van der Waals surface area (Å²) in [5.41, 5.74) is 2.43. The molecular formula is C21H23ClN4O2. The summed E-state index contributed by atoms with van der Waals surface area (Å²) in [6.45, 7) is 2.81. The highest BCUT2D eigenvalue weighted by Gasteiger charge is 2.28. The number of imidazole rings is 1. The van der Waals surface area contributed by atoms with Crippen LogP contribution in [0, 0.1) is 5.92 Å². The molecule has 0 saturated carbocycles. The summed E-state index contributed by atoms with van der Waals surface area (Å²) in [6, 6.07) is 11.0. The van der Waals surface area contributed by atoms with Crippen molar-refractivity contribution < 1.29 is 9.53 Å². The summed E-state index contributed by atoms with van der Waals surface area (Å²) in [6.07, 6.45) is 3.57. The molecule has 3 heterocycles. The van der Waals surface area contributed by atoms with Crippen LogP contribution in [0.15, 0.2) is 42.6 Å². The fourth-order valence-corrected chi connectivity index (χ4v) is 4.02. The Balaban J connectivity index is 1.49. The molecule has 1 aliphatic heterocycles. The minimum atomic E-state index is 0.0413. The Kier molecular flexibility index (Phi) is 5.59. The summed E-state index contributed by atoms with van der Waals surface area (Å²) >= 11 is 6.03. The van der Waals surface area contributed by atoms with Gasteiger partial charge in [-0.2, -0.15) is 0 Å². The first kappa shape index (κ1) is 18.9. The number of hydrogen-bond donors (Lipinski definition) is 0. The first-order valence-corrected chi connectivity index (χ1v) is 9.87. The van der Waals surface area contributed by atoms with Crippen LogP contribution in [0.3, 0.4) is 0 Å². The number of aromatic nitrogens is 3. The number of pyridine rings is 1. The number of amides is 1. The summed E-state index contributed by atoms with van der Waals surface area (Å²) < 4.78 is 7.40. The zero-order valence-electron chi connectivity index (χ0n) is 15.8. The molecule has 0 spiro atoms. The number of methoxy groups -OCH3 is 1. The summed E-state index contributed by atoms with van der Waals surface area (Å²) in [5, 5.41) is 0.584. The molecule has 146 valence electrons. The fraction of sp³-hybridized carbons (Fsp3) is 0.381. The predicted molar refractivity (Wildman–Crippen MR) is 109 cm³/mol. The Labute approximate surface area is 169 Å². The number of carbonyl (C=O) groups is 1. The van der Waals surface area contributed by atoms with Gasteiger partial charge in [-0.25, -0.2) is 9.97 Å². The fourth-order valence-electron chi connectivity index (χ4n) is 3.82. The third-order valence-electron chi connectivity index (χ3n) is 5.22. The molecule has 3 aromatic rings. The first-order chi connectivity index (χ1) is 13.7. The van der Waals surface area contributed by atoms with E-state index < -0.39 is 0 Å². The van der Waals surface area contributed by atoms with E-state index in [0.29, 0.717) is 23.1 Å². The van der Waals surface area contributed by atoms with Crippen molar-refractivity contribution in [1.29, 1.82) is 0 Å². The third-order valence-corrected chi connectivity index (χ3v) is 5.45. The first-order valence-electron chi connectivity index (χ1n) is 9.49. The lowest BCUT2D eigenvalue weighted by Gasteiger charge is -2.17. The van der Waals surface area contributed by atoms with Crippen molar-refractivity contribution in [3.63, 3.8) is 0 Å². The molecule has 1 saturated heterocycles. The van der Waals surface area contributed by atoms with Gasteiger partial charge in [0.25, 0.3) is 5.91 Å². The van der Waals surface area contributed by atoms with Crippen LogP contribution < -0.4 is 0 Å². The molecule has 0 aliphatic carbocycles. The Morgan fingerprint density at radius 1 is 1.32 bits per heavy atom. The number of nitrogens with zero attached hydrogens (tertiary/aromatic N) is 4. The van der Waals surface area contributed by atoms with Crippen molar-refractivity contribution in [2.24, 2.45) is 5.92 Å². The molecule has 28 heavy (non-hydrogen) atoms. The average Bonchev–Trinajstić information content (AvgIpc) is 3.30. The zero-order valence-corrected chi connectivity index (χ0v) is 16.6. The summed E-state index contributed by atoms with van der Waals surface area (Å²) in [7, 11) is 1.70. The molecule has 6 nitrogen and oxygen atoms in total. The van der Waals surface area contributed by atoms with E-state index in [1.165, 1.54) is 0 Å². The van der Waals surface area contributed by atoms with Crippen LogP contribution in [0.25, 0.3) is 11.2 Å². The molecule has 1 unspecified atom stereocenters. The second-order valence-corrected chi connectivity index (χ2v) is 7.58. The molecule has 1 aromatic carbocycles. The lowest BCUT2D eigenvalue weighted by atomic mass is 10.0. The molecule has 4 rings (SSSR count). The van der Waals surface area contributed by atoms with Gasteiger partial charge in [0.05, 0.1) is 6.61 Å². The standard InChI is InChI=1S/C21H23ClN4O2/c1-28-11-10-26-19(24-18-6-3-8-23-20(18)26)12-15-7-9-25(14-15)21(27)16-4-2-5-17(22)13-16/h2-6,8,13,15H,7,9-12,14H2,1H3. The number of halogens is 1. The summed E-state index contributed by atoms with van der Waals surface area (Å²) in [4.78, 5) is 24.0. The van der Waals surface area contributed by atoms with E-state index in [-0.39, 0.29) is 5.91 Å². The lowest BCUT2D eigenvalue weighted by molar-refractivity contribution is 0.0787. The van der Waals surface area contributed by atoms with Gasteiger partial charge in [0.15, 0.2) is 5.65 Å². The van der Waals surface area contributed by atoms with Crippen LogP contribution in [0.1, 0.15) is 22.6 Å². The van der Waals surface area contributed by atoms with Crippen LogP contribution in [0.2, 0.25) is 5.02 Å². The van der Waals surface area contributed by atoms with E-state index >= 15 is 0 Å². The Morgan fingerprint density at radius 2 is 2.21 bits per heavy atom. The average molecular weight is 399 g/mol. The van der Waals surface area contributed by atoms with Gasteiger partial charge in [0.1, 0.15) is 11.3 Å². The van der Waals surface area contributed by atoms with Crippen molar-refractivity contribution >= 4 is 28.7 Å². The molecule has 7 heteroatoms. The van der Waals surface area contributed by atoms with E-state index in [1.54, 1.807) is 25.4 Å². The van der Waals surface area contributed by atoms with Gasteiger partial charge in [0.2, 0.25) is 0 Å². The number of benzene rings is 1. The molecule has 1 aliphatic rings. The van der Waals surface area contributed by atoms with Crippen molar-refractivity contribution in [2.45, 2.75) is 19.4 Å². The molecular weight excluding hydrogens is 376 g/mol. The molecule has 0 radical (unpaired) electrons. The van der Waals surface area contributed by atoms with Crippen molar-refractivity contribution in [3.05, 3.63) is 59.0 Å². The topological polar surface area (TPSA) is 60.2 Å². The Morgan fingerprint density at radius 3 is 3.04 bits per heavy atom. The van der Waals surface area contributed by atoms with E-state index in [2.05, 4.69) is 9.55 Å². The van der Waals surface area contributed by atoms with Gasteiger partial charge in [-0.1, -0.05) is 17.7 Å². The van der Waals surface area contributed by atoms with Crippen LogP contribution >= 0.6 is 11.6 Å². The maximum atomic E-state index is 12.8. The quantitative estimate of drug-likeness (QED) is 0.638. The Bertz CT molecular complexity index is 987. The highest BCUT2D eigenvalue weighted by Crippen LogP contribution is 2.24. The van der Waals surface area contributed by atoms with Gasteiger partial charge in [-0.05, 0) is 42.7 Å². The van der Waals surface area contributed by atoms with Gasteiger partial charge in [-0.3, -0.25) is 4.79 Å². The number of rotatable bonds is 6. The summed E-state index contributed by atoms with van der Waals surface area (Å²) in [5.74, 6) is 1.42. The van der Waals surface area contributed by atoms with Crippen LogP contribution in [-0.4, -0.2) is 52.1 Å². The predicted octanol–water partition coefficient (Wildman–Crippen LogP) is 3.44. The second-order valence-electron chi connectivity index (χ2n) is 7.14. The van der Waals surface area contributed by atoms with Gasteiger partial charge in [0, 0.05) is 49.9 Å². The van der Waals surface area contributed by atoms with Crippen molar-refractivity contribution in [2.75, 3.05) is 26.8 Å². The number of ether oxygens (including phenoxy) is 1. The van der Waals surface area contributed by atoms with Crippen LogP contribution in [0.4, 0.5) is 0 Å². The molecule has 1 atom stereocenters.